The number of anilines is 4. The van der Waals surface area contributed by atoms with Gasteiger partial charge < -0.3 is 20.4 Å². The highest BCUT2D eigenvalue weighted by atomic mass is 32.2. The molecule has 0 saturated carbocycles. The van der Waals surface area contributed by atoms with Crippen molar-refractivity contribution in [3.63, 3.8) is 0 Å². The lowest BCUT2D eigenvalue weighted by molar-refractivity contribution is 0.280. The first-order valence-electron chi connectivity index (χ1n) is 12.7. The molecule has 0 bridgehead atoms. The molecule has 0 saturated heterocycles. The van der Waals surface area contributed by atoms with Gasteiger partial charge in [-0.1, -0.05) is 60.7 Å². The molecule has 0 aliphatic heterocycles. The van der Waals surface area contributed by atoms with Crippen molar-refractivity contribution < 1.29 is 18.6 Å². The fourth-order valence-electron chi connectivity index (χ4n) is 4.05. The summed E-state index contributed by atoms with van der Waals surface area (Å²) in [4.78, 5) is 11.6. The van der Waals surface area contributed by atoms with Gasteiger partial charge in [-0.15, -0.1) is 0 Å². The number of hydrogen-bond donors (Lipinski definition) is 4. The van der Waals surface area contributed by atoms with Gasteiger partial charge in [-0.05, 0) is 42.3 Å². The van der Waals surface area contributed by atoms with E-state index in [1.54, 1.807) is 36.1 Å². The monoisotopic (exact) mass is 560 g/mol. The molecule has 4 N–H and O–H groups in total. The Morgan fingerprint density at radius 3 is 2.05 bits per heavy atom. The molecule has 0 unspecified atom stereocenters. The molecule has 0 aliphatic rings. The summed E-state index contributed by atoms with van der Waals surface area (Å²) in [5.74, 6) is 1.22. The van der Waals surface area contributed by atoms with Gasteiger partial charge in [0.15, 0.2) is 15.7 Å². The molecule has 3 aromatic carbocycles. The standard InChI is InChI=1S/C29H32N6O4S/c1-21(22-13-15-25(16-14-22)40(2,38)39)33-34-27-26(23-9-5-3-6-10-23)28(35(17-19-36)18-20-37)32-29(31-27)30-24-11-7-4-8-12-24/h3-16,36-37H,17-20H2,1-2H3,(H2,30,31,32,34). The summed E-state index contributed by atoms with van der Waals surface area (Å²) in [5.41, 5.74) is 6.68. The van der Waals surface area contributed by atoms with Gasteiger partial charge in [-0.2, -0.15) is 15.1 Å². The molecule has 4 rings (SSSR count). The molecule has 0 amide bonds. The average Bonchev–Trinajstić information content (AvgIpc) is 2.96. The molecule has 0 fully saturated rings. The van der Waals surface area contributed by atoms with E-state index in [1.807, 2.05) is 60.7 Å². The zero-order chi connectivity index (χ0) is 28.5. The van der Waals surface area contributed by atoms with E-state index in [0.29, 0.717) is 28.9 Å². The molecule has 208 valence electrons. The number of hydrogen-bond acceptors (Lipinski definition) is 10. The van der Waals surface area contributed by atoms with E-state index >= 15 is 0 Å². The number of nitrogens with one attached hydrogen (secondary N) is 2. The number of benzene rings is 3. The van der Waals surface area contributed by atoms with Crippen molar-refractivity contribution in [2.75, 3.05) is 48.2 Å². The van der Waals surface area contributed by atoms with Crippen LogP contribution in [0, 0.1) is 0 Å². The largest absolute Gasteiger partial charge is 0.395 e. The predicted octanol–water partition coefficient (Wildman–Crippen LogP) is 3.92. The Morgan fingerprint density at radius 1 is 0.875 bits per heavy atom. The molecule has 0 spiro atoms. The summed E-state index contributed by atoms with van der Waals surface area (Å²) in [5, 5.41) is 27.3. The van der Waals surface area contributed by atoms with Crippen LogP contribution in [0.25, 0.3) is 11.1 Å². The van der Waals surface area contributed by atoms with Crippen molar-refractivity contribution >= 4 is 38.8 Å². The van der Waals surface area contributed by atoms with Crippen LogP contribution in [0.15, 0.2) is 94.9 Å². The maximum atomic E-state index is 11.8. The van der Waals surface area contributed by atoms with Crippen molar-refractivity contribution in [2.45, 2.75) is 11.8 Å². The van der Waals surface area contributed by atoms with Gasteiger partial charge in [-0.25, -0.2) is 8.42 Å². The van der Waals surface area contributed by atoms with Gasteiger partial charge in [0.2, 0.25) is 5.95 Å². The normalized spacial score (nSPS) is 11.8. The summed E-state index contributed by atoms with van der Waals surface area (Å²) in [6.07, 6.45) is 1.17. The summed E-state index contributed by atoms with van der Waals surface area (Å²) >= 11 is 0. The molecule has 10 nitrogen and oxygen atoms in total. The number of para-hydroxylation sites is 1. The molecular formula is C29H32N6O4S. The molecular weight excluding hydrogens is 528 g/mol. The van der Waals surface area contributed by atoms with Crippen LogP contribution in [-0.2, 0) is 9.84 Å². The molecule has 1 aromatic heterocycles. The van der Waals surface area contributed by atoms with Gasteiger partial charge in [0.25, 0.3) is 0 Å². The van der Waals surface area contributed by atoms with E-state index in [2.05, 4.69) is 15.8 Å². The number of rotatable bonds is 12. The second kappa shape index (κ2) is 13.2. The quantitative estimate of drug-likeness (QED) is 0.150. The van der Waals surface area contributed by atoms with Gasteiger partial charge in [-0.3, -0.25) is 5.43 Å². The topological polar surface area (TPSA) is 140 Å². The highest BCUT2D eigenvalue weighted by Gasteiger charge is 2.21. The van der Waals surface area contributed by atoms with Crippen molar-refractivity contribution in [3.8, 4) is 11.1 Å². The number of aliphatic hydroxyl groups is 2. The van der Waals surface area contributed by atoms with E-state index < -0.39 is 9.84 Å². The predicted molar refractivity (Wildman–Crippen MR) is 159 cm³/mol. The van der Waals surface area contributed by atoms with E-state index in [0.717, 1.165) is 16.8 Å². The number of aliphatic hydroxyl groups excluding tert-OH is 2. The van der Waals surface area contributed by atoms with Crippen molar-refractivity contribution in [1.29, 1.82) is 0 Å². The minimum absolute atomic E-state index is 0.136. The van der Waals surface area contributed by atoms with E-state index in [4.69, 9.17) is 9.97 Å². The Balaban J connectivity index is 1.82. The fourth-order valence-corrected chi connectivity index (χ4v) is 4.68. The molecule has 11 heteroatoms. The first-order valence-corrected chi connectivity index (χ1v) is 14.6. The minimum Gasteiger partial charge on any atom is -0.395 e. The fraction of sp³-hybridized carbons (Fsp3) is 0.207. The number of aromatic nitrogens is 2. The maximum Gasteiger partial charge on any atom is 0.231 e. The van der Waals surface area contributed by atoms with Crippen LogP contribution in [0.5, 0.6) is 0 Å². The third-order valence-corrected chi connectivity index (χ3v) is 7.18. The zero-order valence-electron chi connectivity index (χ0n) is 22.3. The Hall–Kier alpha value is -4.32. The Bertz CT molecular complexity index is 1540. The lowest BCUT2D eigenvalue weighted by Gasteiger charge is -2.26. The van der Waals surface area contributed by atoms with Gasteiger partial charge in [0.1, 0.15) is 5.82 Å². The van der Waals surface area contributed by atoms with Crippen LogP contribution in [-0.4, -0.2) is 66.9 Å². The van der Waals surface area contributed by atoms with Crippen LogP contribution in [0.2, 0.25) is 0 Å². The lowest BCUT2D eigenvalue weighted by atomic mass is 10.1. The summed E-state index contributed by atoms with van der Waals surface area (Å²) < 4.78 is 23.7. The zero-order valence-corrected chi connectivity index (χ0v) is 23.1. The van der Waals surface area contributed by atoms with Gasteiger partial charge in [0, 0.05) is 25.0 Å². The summed E-state index contributed by atoms with van der Waals surface area (Å²) in [6.45, 7) is 2.03. The molecule has 0 aliphatic carbocycles. The Labute approximate surface area is 234 Å². The number of sulfone groups is 1. The number of nitrogens with zero attached hydrogens (tertiary/aromatic N) is 4. The second-order valence-corrected chi connectivity index (χ2v) is 11.0. The highest BCUT2D eigenvalue weighted by molar-refractivity contribution is 7.90. The van der Waals surface area contributed by atoms with Crippen molar-refractivity contribution in [3.05, 3.63) is 90.5 Å². The second-order valence-electron chi connectivity index (χ2n) is 8.99. The Kier molecular flexibility index (Phi) is 9.43. The van der Waals surface area contributed by atoms with Crippen LogP contribution in [0.3, 0.4) is 0 Å². The van der Waals surface area contributed by atoms with Crippen LogP contribution in [0.1, 0.15) is 12.5 Å². The molecule has 0 atom stereocenters. The minimum atomic E-state index is -3.31. The summed E-state index contributed by atoms with van der Waals surface area (Å²) in [7, 11) is -3.31. The SMILES string of the molecule is CC(=NNc1nc(Nc2ccccc2)nc(N(CCO)CCO)c1-c1ccccc1)c1ccc(S(C)(=O)=O)cc1. The van der Waals surface area contributed by atoms with Crippen LogP contribution >= 0.6 is 0 Å². The van der Waals surface area contributed by atoms with Crippen molar-refractivity contribution in [2.24, 2.45) is 5.10 Å². The third kappa shape index (κ3) is 7.20. The van der Waals surface area contributed by atoms with Gasteiger partial charge >= 0.3 is 0 Å². The summed E-state index contributed by atoms with van der Waals surface area (Å²) in [6, 6.07) is 25.5. The van der Waals surface area contributed by atoms with E-state index in [-0.39, 0.29) is 31.2 Å². The maximum absolute atomic E-state index is 11.8. The molecule has 0 radical (unpaired) electrons. The lowest BCUT2D eigenvalue weighted by Crippen LogP contribution is -2.31. The average molecular weight is 561 g/mol. The third-order valence-electron chi connectivity index (χ3n) is 6.05. The van der Waals surface area contributed by atoms with Crippen LogP contribution in [0.4, 0.5) is 23.3 Å². The number of hydrazone groups is 1. The highest BCUT2D eigenvalue weighted by Crippen LogP contribution is 2.36. The molecule has 40 heavy (non-hydrogen) atoms. The van der Waals surface area contributed by atoms with Crippen molar-refractivity contribution in [1.82, 2.24) is 9.97 Å². The van der Waals surface area contributed by atoms with E-state index in [9.17, 15) is 18.6 Å². The Morgan fingerprint density at radius 2 is 1.48 bits per heavy atom. The van der Waals surface area contributed by atoms with Gasteiger partial charge in [0.05, 0.1) is 29.4 Å². The van der Waals surface area contributed by atoms with Crippen LogP contribution < -0.4 is 15.6 Å². The first-order chi connectivity index (χ1) is 19.3. The smallest absolute Gasteiger partial charge is 0.231 e. The molecule has 1 heterocycles. The van der Waals surface area contributed by atoms with E-state index in [1.165, 1.54) is 6.26 Å². The first kappa shape index (κ1) is 28.7. The molecule has 4 aromatic rings.